The Morgan fingerprint density at radius 1 is 0.745 bits per heavy atom. The quantitative estimate of drug-likeness (QED) is 0.0417. The Kier molecular flexibility index (Phi) is 17.4. The molecule has 0 spiro atoms. The van der Waals surface area contributed by atoms with Crippen LogP contribution in [0.2, 0.25) is 0 Å². The molecule has 3 amide bonds. The molecule has 4 atom stereocenters. The Balaban J connectivity index is 1.60. The third kappa shape index (κ3) is 13.6. The van der Waals surface area contributed by atoms with Crippen LogP contribution in [0.5, 0.6) is 0 Å². The maximum absolute atomic E-state index is 14.6. The first-order valence-electron chi connectivity index (χ1n) is 19.9. The minimum Gasteiger partial charge on any atom is -0.390 e. The van der Waals surface area contributed by atoms with Crippen molar-refractivity contribution in [3.05, 3.63) is 96.1 Å². The van der Waals surface area contributed by atoms with E-state index in [9.17, 15) is 19.5 Å². The first-order valence-corrected chi connectivity index (χ1v) is 20.3. The molecule has 6 N–H and O–H groups in total. The molecule has 0 saturated carbocycles. The molecule has 0 saturated heterocycles. The van der Waals surface area contributed by atoms with Gasteiger partial charge in [-0.05, 0) is 95.3 Å². The number of unbranched alkanes of at least 4 members (excludes halogenated alkanes) is 1. The molecule has 0 fully saturated rings. The Morgan fingerprint density at radius 2 is 1.33 bits per heavy atom. The van der Waals surface area contributed by atoms with E-state index in [-0.39, 0.29) is 30.1 Å². The Bertz CT molecular complexity index is 1770. The number of nitrogens with one attached hydrogen (secondary N) is 5. The fraction of sp³-hybridized carbons (Fsp3) is 0.467. The Morgan fingerprint density at radius 3 is 1.89 bits per heavy atom. The molecular weight excluding hydrogens is 707 g/mol. The third-order valence-electron chi connectivity index (χ3n) is 10.4. The SMILES string of the molecule is CC[C@H](C)CNC(=O)C[C@H](O)[C@H](CC(C)C)NC(=O)[C@H](CCCCNC(=S)NC)NC(=O)C(Cc1cccc2ccccc12)Cc1cccc2ccccc12. The van der Waals surface area contributed by atoms with Crippen molar-refractivity contribution in [3.8, 4) is 0 Å². The molecule has 4 aromatic carbocycles. The smallest absolute Gasteiger partial charge is 0.242 e. The summed E-state index contributed by atoms with van der Waals surface area (Å²) in [7, 11) is 1.76. The number of thiocarbonyl (C=S) groups is 1. The van der Waals surface area contributed by atoms with Crippen LogP contribution in [0.15, 0.2) is 84.9 Å². The van der Waals surface area contributed by atoms with Gasteiger partial charge in [0.05, 0.1) is 18.6 Å². The highest BCUT2D eigenvalue weighted by atomic mass is 32.1. The van der Waals surface area contributed by atoms with Crippen LogP contribution in [0.1, 0.15) is 77.3 Å². The number of fused-ring (bicyclic) bond motifs is 2. The topological polar surface area (TPSA) is 132 Å². The Labute approximate surface area is 332 Å². The monoisotopic (exact) mass is 767 g/mol. The van der Waals surface area contributed by atoms with Gasteiger partial charge in [0.2, 0.25) is 17.7 Å². The summed E-state index contributed by atoms with van der Waals surface area (Å²) in [6.07, 6.45) is 2.92. The van der Waals surface area contributed by atoms with E-state index in [1.165, 1.54) is 0 Å². The lowest BCUT2D eigenvalue weighted by Gasteiger charge is -2.29. The molecule has 4 rings (SSSR count). The van der Waals surface area contributed by atoms with E-state index in [4.69, 9.17) is 12.2 Å². The molecule has 0 unspecified atom stereocenters. The number of aliphatic hydroxyl groups excluding tert-OH is 1. The molecule has 296 valence electrons. The van der Waals surface area contributed by atoms with Gasteiger partial charge in [0.25, 0.3) is 0 Å². The molecule has 0 radical (unpaired) electrons. The highest BCUT2D eigenvalue weighted by molar-refractivity contribution is 7.80. The zero-order valence-electron chi connectivity index (χ0n) is 33.2. The van der Waals surface area contributed by atoms with E-state index in [0.29, 0.717) is 56.2 Å². The lowest BCUT2D eigenvalue weighted by atomic mass is 9.87. The maximum Gasteiger partial charge on any atom is 0.242 e. The minimum absolute atomic E-state index is 0.125. The first-order chi connectivity index (χ1) is 26.5. The van der Waals surface area contributed by atoms with Crippen LogP contribution in [0.4, 0.5) is 0 Å². The number of hydrogen-bond acceptors (Lipinski definition) is 5. The van der Waals surface area contributed by atoms with Gasteiger partial charge in [0, 0.05) is 26.1 Å². The average Bonchev–Trinajstić information content (AvgIpc) is 3.18. The van der Waals surface area contributed by atoms with Crippen molar-refractivity contribution in [2.75, 3.05) is 20.1 Å². The summed E-state index contributed by atoms with van der Waals surface area (Å²) >= 11 is 5.23. The van der Waals surface area contributed by atoms with Gasteiger partial charge in [-0.2, -0.15) is 0 Å². The van der Waals surface area contributed by atoms with Crippen molar-refractivity contribution in [3.63, 3.8) is 0 Å². The predicted octanol–water partition coefficient (Wildman–Crippen LogP) is 6.59. The van der Waals surface area contributed by atoms with Crippen LogP contribution in [-0.2, 0) is 27.2 Å². The van der Waals surface area contributed by atoms with E-state index in [1.807, 2.05) is 50.2 Å². The summed E-state index contributed by atoms with van der Waals surface area (Å²) in [6.45, 7) is 9.31. The number of benzene rings is 4. The summed E-state index contributed by atoms with van der Waals surface area (Å²) < 4.78 is 0. The first kappa shape index (κ1) is 43.2. The van der Waals surface area contributed by atoms with Crippen LogP contribution < -0.4 is 26.6 Å². The van der Waals surface area contributed by atoms with E-state index < -0.39 is 24.1 Å². The van der Waals surface area contributed by atoms with E-state index in [2.05, 4.69) is 89.0 Å². The second kappa shape index (κ2) is 22.1. The molecule has 0 heterocycles. The lowest BCUT2D eigenvalue weighted by Crippen LogP contribution is -2.54. The number of hydrogen-bond donors (Lipinski definition) is 6. The van der Waals surface area contributed by atoms with Crippen molar-refractivity contribution < 1.29 is 19.5 Å². The van der Waals surface area contributed by atoms with Crippen molar-refractivity contribution >= 4 is 56.6 Å². The molecule has 0 aromatic heterocycles. The lowest BCUT2D eigenvalue weighted by molar-refractivity contribution is -0.132. The van der Waals surface area contributed by atoms with E-state index in [0.717, 1.165) is 45.5 Å². The van der Waals surface area contributed by atoms with Gasteiger partial charge in [-0.1, -0.05) is 119 Å². The summed E-state index contributed by atoms with van der Waals surface area (Å²) in [5, 5.41) is 31.4. The number of amides is 3. The third-order valence-corrected chi connectivity index (χ3v) is 10.7. The number of carbonyl (C=O) groups is 3. The zero-order chi connectivity index (χ0) is 39.7. The normalized spacial score (nSPS) is 13.6. The second-order valence-corrected chi connectivity index (χ2v) is 15.7. The highest BCUT2D eigenvalue weighted by Crippen LogP contribution is 2.27. The molecule has 9 nitrogen and oxygen atoms in total. The molecule has 0 aliphatic carbocycles. The van der Waals surface area contributed by atoms with Crippen LogP contribution in [0, 0.1) is 17.8 Å². The molecule has 0 aliphatic rings. The van der Waals surface area contributed by atoms with Crippen molar-refractivity contribution in [2.45, 2.75) is 97.2 Å². The van der Waals surface area contributed by atoms with Crippen LogP contribution in [0.3, 0.4) is 0 Å². The fourth-order valence-corrected chi connectivity index (χ4v) is 7.09. The van der Waals surface area contributed by atoms with Gasteiger partial charge in [-0.15, -0.1) is 0 Å². The van der Waals surface area contributed by atoms with Gasteiger partial charge in [0.15, 0.2) is 5.11 Å². The molecule has 55 heavy (non-hydrogen) atoms. The summed E-state index contributed by atoms with van der Waals surface area (Å²) in [4.78, 5) is 41.6. The van der Waals surface area contributed by atoms with Crippen LogP contribution in [-0.4, -0.2) is 66.3 Å². The zero-order valence-corrected chi connectivity index (χ0v) is 34.0. The van der Waals surface area contributed by atoms with Crippen molar-refractivity contribution in [1.29, 1.82) is 0 Å². The average molecular weight is 768 g/mol. The largest absolute Gasteiger partial charge is 0.390 e. The van der Waals surface area contributed by atoms with E-state index >= 15 is 0 Å². The van der Waals surface area contributed by atoms with Crippen LogP contribution >= 0.6 is 12.2 Å². The van der Waals surface area contributed by atoms with Crippen molar-refractivity contribution in [2.24, 2.45) is 17.8 Å². The molecule has 10 heteroatoms. The fourth-order valence-electron chi connectivity index (χ4n) is 6.99. The molecule has 0 bridgehead atoms. The molecule has 0 aliphatic heterocycles. The second-order valence-electron chi connectivity index (χ2n) is 15.3. The Hall–Kier alpha value is -4.54. The van der Waals surface area contributed by atoms with Crippen molar-refractivity contribution in [1.82, 2.24) is 26.6 Å². The number of aliphatic hydroxyl groups is 1. The number of carbonyl (C=O) groups excluding carboxylic acids is 3. The minimum atomic E-state index is -1.09. The van der Waals surface area contributed by atoms with Crippen LogP contribution in [0.25, 0.3) is 21.5 Å². The van der Waals surface area contributed by atoms with Gasteiger partial charge >= 0.3 is 0 Å². The van der Waals surface area contributed by atoms with Gasteiger partial charge in [0.1, 0.15) is 6.04 Å². The van der Waals surface area contributed by atoms with Gasteiger partial charge in [-0.25, -0.2) is 0 Å². The van der Waals surface area contributed by atoms with Gasteiger partial charge < -0.3 is 31.7 Å². The summed E-state index contributed by atoms with van der Waals surface area (Å²) in [5.74, 6) is -0.841. The standard InChI is InChI=1S/C45H61N5O4S/c1-6-31(4)29-48-42(52)28-41(51)40(25-30(2)3)50-44(54)39(23-11-12-24-47-45(55)46-5)49-43(53)36(26-34-19-13-17-32-15-7-9-21-37(32)34)27-35-20-14-18-33-16-8-10-22-38(33)35/h7-10,13-22,30-31,36,39-41,51H,6,11-12,23-29H2,1-5H3,(H,48,52)(H,49,53)(H,50,54)(H2,46,47,55)/t31-,39-,40-,41-/m0/s1. The summed E-state index contributed by atoms with van der Waals surface area (Å²) in [5.41, 5.74) is 2.13. The number of rotatable bonds is 21. The summed E-state index contributed by atoms with van der Waals surface area (Å²) in [6, 6.07) is 27.2. The predicted molar refractivity (Wildman–Crippen MR) is 229 cm³/mol. The highest BCUT2D eigenvalue weighted by Gasteiger charge is 2.31. The van der Waals surface area contributed by atoms with Gasteiger partial charge in [-0.3, -0.25) is 14.4 Å². The van der Waals surface area contributed by atoms with E-state index in [1.54, 1.807) is 7.05 Å². The molecular formula is C45H61N5O4S. The molecule has 4 aromatic rings. The maximum atomic E-state index is 14.6.